The second kappa shape index (κ2) is 7.59. The first-order chi connectivity index (χ1) is 14.2. The lowest BCUT2D eigenvalue weighted by Gasteiger charge is -2.21. The number of hydrogen-bond acceptors (Lipinski definition) is 6. The van der Waals surface area contributed by atoms with Crippen molar-refractivity contribution in [2.45, 2.75) is 13.0 Å². The fourth-order valence-corrected chi connectivity index (χ4v) is 5.55. The highest BCUT2D eigenvalue weighted by Gasteiger charge is 2.23. The summed E-state index contributed by atoms with van der Waals surface area (Å²) in [4.78, 5) is 24.7. The number of amides is 1. The first kappa shape index (κ1) is 18.3. The van der Waals surface area contributed by atoms with Crippen LogP contribution in [0.5, 0.6) is 0 Å². The third-order valence-corrected chi connectivity index (χ3v) is 7.08. The number of rotatable bonds is 3. The third-order valence-electron chi connectivity index (χ3n) is 5.32. The van der Waals surface area contributed by atoms with Gasteiger partial charge in [0, 0.05) is 44.3 Å². The molecule has 29 heavy (non-hydrogen) atoms. The fraction of sp³-hybridized carbons (Fsp3) is 0.286. The molecule has 8 heteroatoms. The van der Waals surface area contributed by atoms with Gasteiger partial charge in [0.1, 0.15) is 4.83 Å². The predicted molar refractivity (Wildman–Crippen MR) is 115 cm³/mol. The van der Waals surface area contributed by atoms with Crippen LogP contribution in [0.15, 0.2) is 41.9 Å². The van der Waals surface area contributed by atoms with E-state index in [1.165, 1.54) is 16.9 Å². The molecule has 1 saturated heterocycles. The van der Waals surface area contributed by atoms with Gasteiger partial charge < -0.3 is 4.90 Å². The lowest BCUT2D eigenvalue weighted by molar-refractivity contribution is 0.0766. The Morgan fingerprint density at radius 3 is 2.86 bits per heavy atom. The quantitative estimate of drug-likeness (QED) is 0.504. The number of benzene rings is 1. The first-order valence-electron chi connectivity index (χ1n) is 9.57. The van der Waals surface area contributed by atoms with E-state index in [-0.39, 0.29) is 5.91 Å². The van der Waals surface area contributed by atoms with E-state index in [9.17, 15) is 4.79 Å². The van der Waals surface area contributed by atoms with E-state index in [0.717, 1.165) is 59.3 Å². The van der Waals surface area contributed by atoms with Crippen LogP contribution in [-0.4, -0.2) is 51.3 Å². The molecule has 4 aromatic rings. The Morgan fingerprint density at radius 2 is 2.03 bits per heavy atom. The van der Waals surface area contributed by atoms with Crippen molar-refractivity contribution in [1.29, 1.82) is 5.26 Å². The van der Waals surface area contributed by atoms with Crippen molar-refractivity contribution in [1.82, 2.24) is 19.2 Å². The van der Waals surface area contributed by atoms with E-state index < -0.39 is 0 Å². The third kappa shape index (κ3) is 3.53. The molecule has 0 spiro atoms. The minimum absolute atomic E-state index is 0.109. The van der Waals surface area contributed by atoms with E-state index in [0.29, 0.717) is 5.56 Å². The molecule has 146 valence electrons. The second-order valence-corrected chi connectivity index (χ2v) is 9.10. The summed E-state index contributed by atoms with van der Waals surface area (Å²) in [6.07, 6.45) is 2.96. The molecule has 3 aromatic heterocycles. The molecule has 0 radical (unpaired) electrons. The number of carbonyl (C=O) groups excluding carboxylic acids is 1. The number of nitrogens with zero attached hydrogens (tertiary/aromatic N) is 5. The van der Waals surface area contributed by atoms with Gasteiger partial charge in [-0.15, -0.1) is 22.7 Å². The van der Waals surface area contributed by atoms with Crippen LogP contribution in [0, 0.1) is 11.3 Å². The van der Waals surface area contributed by atoms with Gasteiger partial charge in [-0.1, -0.05) is 12.1 Å². The molecule has 0 atom stereocenters. The highest BCUT2D eigenvalue weighted by atomic mass is 32.1. The van der Waals surface area contributed by atoms with Crippen molar-refractivity contribution >= 4 is 43.9 Å². The molecule has 0 saturated carbocycles. The van der Waals surface area contributed by atoms with Crippen molar-refractivity contribution in [3.8, 4) is 6.07 Å². The minimum atomic E-state index is 0.109. The zero-order valence-corrected chi connectivity index (χ0v) is 17.4. The Kier molecular flexibility index (Phi) is 4.79. The number of thiophene rings is 1. The zero-order valence-electron chi connectivity index (χ0n) is 15.7. The SMILES string of the molecule is N#Cc1ccc(CN2CCCN(C(=O)c3cc4c(nc5sccn54)s3)CC2)cc1. The number of carbonyl (C=O) groups is 1. The summed E-state index contributed by atoms with van der Waals surface area (Å²) in [5.74, 6) is 0.109. The number of nitriles is 1. The van der Waals surface area contributed by atoms with Crippen LogP contribution < -0.4 is 0 Å². The highest BCUT2D eigenvalue weighted by Crippen LogP contribution is 2.29. The topological polar surface area (TPSA) is 64.6 Å². The van der Waals surface area contributed by atoms with Gasteiger partial charge in [0.15, 0.2) is 4.96 Å². The lowest BCUT2D eigenvalue weighted by atomic mass is 10.1. The molecular weight excluding hydrogens is 402 g/mol. The Balaban J connectivity index is 1.26. The van der Waals surface area contributed by atoms with Crippen LogP contribution in [-0.2, 0) is 6.54 Å². The molecule has 6 nitrogen and oxygen atoms in total. The molecule has 1 aliphatic heterocycles. The maximum Gasteiger partial charge on any atom is 0.264 e. The van der Waals surface area contributed by atoms with Gasteiger partial charge in [-0.2, -0.15) is 5.26 Å². The summed E-state index contributed by atoms with van der Waals surface area (Å²) in [5.41, 5.74) is 2.90. The molecule has 0 aliphatic carbocycles. The van der Waals surface area contributed by atoms with Gasteiger partial charge in [0.2, 0.25) is 0 Å². The van der Waals surface area contributed by atoms with E-state index in [1.807, 2.05) is 46.8 Å². The standard InChI is InChI=1S/C21H19N5OS2/c22-13-15-2-4-16(5-3-15)14-24-6-1-7-25(9-8-24)20(27)18-12-17-19(29-18)23-21-26(17)10-11-28-21/h2-5,10-12H,1,6-9,14H2. The Bertz CT molecular complexity index is 1210. The molecule has 0 unspecified atom stereocenters. The molecule has 0 bridgehead atoms. The van der Waals surface area contributed by atoms with Gasteiger partial charge in [0.25, 0.3) is 5.91 Å². The maximum atomic E-state index is 13.1. The number of thiazole rings is 1. The average molecular weight is 422 g/mol. The van der Waals surface area contributed by atoms with Crippen LogP contribution in [0.25, 0.3) is 15.3 Å². The minimum Gasteiger partial charge on any atom is -0.337 e. The molecular formula is C21H19N5OS2. The molecule has 1 amide bonds. The molecule has 1 aliphatic rings. The first-order valence-corrected chi connectivity index (χ1v) is 11.3. The highest BCUT2D eigenvalue weighted by molar-refractivity contribution is 7.21. The van der Waals surface area contributed by atoms with Crippen molar-refractivity contribution in [2.75, 3.05) is 26.2 Å². The van der Waals surface area contributed by atoms with E-state index >= 15 is 0 Å². The monoisotopic (exact) mass is 421 g/mol. The smallest absolute Gasteiger partial charge is 0.264 e. The van der Waals surface area contributed by atoms with Crippen LogP contribution in [0.1, 0.15) is 27.2 Å². The predicted octanol–water partition coefficient (Wildman–Crippen LogP) is 3.83. The van der Waals surface area contributed by atoms with Gasteiger partial charge in [-0.05, 0) is 30.2 Å². The number of imidazole rings is 1. The van der Waals surface area contributed by atoms with Gasteiger partial charge >= 0.3 is 0 Å². The molecule has 1 fully saturated rings. The van der Waals surface area contributed by atoms with Crippen LogP contribution >= 0.6 is 22.7 Å². The van der Waals surface area contributed by atoms with E-state index in [4.69, 9.17) is 5.26 Å². The Morgan fingerprint density at radius 1 is 1.17 bits per heavy atom. The maximum absolute atomic E-state index is 13.1. The van der Waals surface area contributed by atoms with E-state index in [1.54, 1.807) is 11.3 Å². The van der Waals surface area contributed by atoms with Crippen LogP contribution in [0.2, 0.25) is 0 Å². The summed E-state index contributed by atoms with van der Waals surface area (Å²) < 4.78 is 2.05. The number of hydrogen-bond donors (Lipinski definition) is 0. The summed E-state index contributed by atoms with van der Waals surface area (Å²) in [5, 5.41) is 10.9. The second-order valence-electron chi connectivity index (χ2n) is 7.20. The number of fused-ring (bicyclic) bond motifs is 3. The normalized spacial score (nSPS) is 15.6. The fourth-order valence-electron chi connectivity index (χ4n) is 3.78. The summed E-state index contributed by atoms with van der Waals surface area (Å²) >= 11 is 3.09. The van der Waals surface area contributed by atoms with Crippen molar-refractivity contribution < 1.29 is 4.79 Å². The molecule has 4 heterocycles. The van der Waals surface area contributed by atoms with Crippen molar-refractivity contribution in [2.24, 2.45) is 0 Å². The average Bonchev–Trinajstić information content (AvgIpc) is 3.37. The summed E-state index contributed by atoms with van der Waals surface area (Å²) in [7, 11) is 0. The Hall–Kier alpha value is -2.73. The largest absolute Gasteiger partial charge is 0.337 e. The summed E-state index contributed by atoms with van der Waals surface area (Å²) in [6, 6.07) is 11.9. The van der Waals surface area contributed by atoms with Crippen LogP contribution in [0.3, 0.4) is 0 Å². The lowest BCUT2D eigenvalue weighted by Crippen LogP contribution is -2.34. The summed E-state index contributed by atoms with van der Waals surface area (Å²) in [6.45, 7) is 4.17. The molecule has 5 rings (SSSR count). The zero-order chi connectivity index (χ0) is 19.8. The van der Waals surface area contributed by atoms with Gasteiger partial charge in [-0.25, -0.2) is 4.98 Å². The molecule has 1 aromatic carbocycles. The van der Waals surface area contributed by atoms with Gasteiger partial charge in [-0.3, -0.25) is 14.1 Å². The number of aromatic nitrogens is 2. The van der Waals surface area contributed by atoms with Gasteiger partial charge in [0.05, 0.1) is 22.0 Å². The van der Waals surface area contributed by atoms with Crippen molar-refractivity contribution in [3.63, 3.8) is 0 Å². The molecule has 0 N–H and O–H groups in total. The van der Waals surface area contributed by atoms with E-state index in [2.05, 4.69) is 20.4 Å². The van der Waals surface area contributed by atoms with Crippen molar-refractivity contribution in [3.05, 3.63) is 57.9 Å². The Labute approximate surface area is 176 Å². The van der Waals surface area contributed by atoms with Crippen LogP contribution in [0.4, 0.5) is 0 Å².